The first-order valence-electron chi connectivity index (χ1n) is 6.63. The molecule has 1 N–H and O–H groups in total. The Labute approximate surface area is 118 Å². The zero-order valence-corrected chi connectivity index (χ0v) is 12.4. The number of hydrogen-bond acceptors (Lipinski definition) is 4. The van der Waals surface area contributed by atoms with Crippen LogP contribution in [0.4, 0.5) is 5.82 Å². The molecule has 1 fully saturated rings. The van der Waals surface area contributed by atoms with E-state index < -0.39 is 0 Å². The van der Waals surface area contributed by atoms with Gasteiger partial charge in [0.1, 0.15) is 11.0 Å². The Hall–Kier alpha value is -0.480. The third kappa shape index (κ3) is 4.32. The van der Waals surface area contributed by atoms with Gasteiger partial charge in [-0.2, -0.15) is 0 Å². The normalized spacial score (nSPS) is 18.1. The second kappa shape index (κ2) is 7.19. The van der Waals surface area contributed by atoms with Crippen LogP contribution in [0.15, 0.2) is 11.2 Å². The minimum atomic E-state index is 0.516. The zero-order chi connectivity index (χ0) is 12.8. The SMILES string of the molecule is CSc1nc(Cl)cc(NC2CCCCCCC2)n1. The fourth-order valence-corrected chi connectivity index (χ4v) is 2.98. The molecular formula is C13H20ClN3S. The summed E-state index contributed by atoms with van der Waals surface area (Å²) in [5, 5.41) is 4.76. The number of nitrogens with one attached hydrogen (secondary N) is 1. The molecule has 0 aliphatic heterocycles. The van der Waals surface area contributed by atoms with Crippen molar-refractivity contribution >= 4 is 29.2 Å². The van der Waals surface area contributed by atoms with Crippen molar-refractivity contribution < 1.29 is 0 Å². The summed E-state index contributed by atoms with van der Waals surface area (Å²) in [5.74, 6) is 0.866. The molecule has 0 amide bonds. The number of hydrogen-bond donors (Lipinski definition) is 1. The van der Waals surface area contributed by atoms with Crippen molar-refractivity contribution in [2.45, 2.75) is 56.1 Å². The fourth-order valence-electron chi connectivity index (χ4n) is 2.37. The van der Waals surface area contributed by atoms with Gasteiger partial charge in [0.25, 0.3) is 0 Å². The molecule has 100 valence electrons. The van der Waals surface area contributed by atoms with Crippen molar-refractivity contribution in [2.24, 2.45) is 0 Å². The van der Waals surface area contributed by atoms with Crippen LogP contribution in [0.3, 0.4) is 0 Å². The maximum atomic E-state index is 6.00. The van der Waals surface area contributed by atoms with E-state index in [1.54, 1.807) is 0 Å². The van der Waals surface area contributed by atoms with Gasteiger partial charge in [-0.3, -0.25) is 0 Å². The molecule has 0 radical (unpaired) electrons. The first-order valence-corrected chi connectivity index (χ1v) is 8.23. The van der Waals surface area contributed by atoms with Gasteiger partial charge >= 0.3 is 0 Å². The lowest BCUT2D eigenvalue weighted by Gasteiger charge is -2.21. The molecule has 5 heteroatoms. The summed E-state index contributed by atoms with van der Waals surface area (Å²) < 4.78 is 0. The highest BCUT2D eigenvalue weighted by Crippen LogP contribution is 2.22. The lowest BCUT2D eigenvalue weighted by Crippen LogP contribution is -2.21. The van der Waals surface area contributed by atoms with Crippen LogP contribution in [0.25, 0.3) is 0 Å². The first kappa shape index (κ1) is 13.9. The first-order chi connectivity index (χ1) is 8.78. The van der Waals surface area contributed by atoms with Crippen molar-refractivity contribution in [3.8, 4) is 0 Å². The van der Waals surface area contributed by atoms with E-state index in [9.17, 15) is 0 Å². The van der Waals surface area contributed by atoms with Gasteiger partial charge < -0.3 is 5.32 Å². The predicted octanol–water partition coefficient (Wildman–Crippen LogP) is 4.38. The smallest absolute Gasteiger partial charge is 0.190 e. The summed E-state index contributed by atoms with van der Waals surface area (Å²) in [6.45, 7) is 0. The Bertz CT molecular complexity index is 378. The average Bonchev–Trinajstić information content (AvgIpc) is 2.31. The summed E-state index contributed by atoms with van der Waals surface area (Å²) in [6, 6.07) is 2.35. The summed E-state index contributed by atoms with van der Waals surface area (Å²) >= 11 is 7.52. The number of thioether (sulfide) groups is 1. The van der Waals surface area contributed by atoms with Crippen LogP contribution < -0.4 is 5.32 Å². The summed E-state index contributed by atoms with van der Waals surface area (Å²) in [7, 11) is 0. The molecule has 0 atom stereocenters. The summed E-state index contributed by atoms with van der Waals surface area (Å²) in [4.78, 5) is 8.61. The molecule has 3 nitrogen and oxygen atoms in total. The van der Waals surface area contributed by atoms with Gasteiger partial charge in [-0.15, -0.1) is 0 Å². The molecule has 18 heavy (non-hydrogen) atoms. The van der Waals surface area contributed by atoms with Crippen LogP contribution >= 0.6 is 23.4 Å². The Morgan fingerprint density at radius 3 is 2.50 bits per heavy atom. The van der Waals surface area contributed by atoms with Gasteiger partial charge in [0.05, 0.1) is 0 Å². The van der Waals surface area contributed by atoms with Gasteiger partial charge in [0, 0.05) is 12.1 Å². The molecule has 0 aromatic carbocycles. The highest BCUT2D eigenvalue weighted by Gasteiger charge is 2.12. The standard InChI is InChI=1S/C13H20ClN3S/c1-18-13-16-11(14)9-12(17-13)15-10-7-5-3-2-4-6-8-10/h9-10H,2-8H2,1H3,(H,15,16,17). The maximum absolute atomic E-state index is 6.00. The molecule has 1 heterocycles. The topological polar surface area (TPSA) is 37.8 Å². The highest BCUT2D eigenvalue weighted by molar-refractivity contribution is 7.98. The van der Waals surface area contributed by atoms with Crippen molar-refractivity contribution in [2.75, 3.05) is 11.6 Å². The Morgan fingerprint density at radius 1 is 1.17 bits per heavy atom. The van der Waals surface area contributed by atoms with Crippen molar-refractivity contribution in [3.05, 3.63) is 11.2 Å². The van der Waals surface area contributed by atoms with E-state index in [4.69, 9.17) is 11.6 Å². The second-order valence-electron chi connectivity index (χ2n) is 4.75. The molecule has 0 spiro atoms. The van der Waals surface area contributed by atoms with Crippen LogP contribution in [-0.2, 0) is 0 Å². The lowest BCUT2D eigenvalue weighted by molar-refractivity contribution is 0.470. The largest absolute Gasteiger partial charge is 0.367 e. The van der Waals surface area contributed by atoms with Crippen molar-refractivity contribution in [3.63, 3.8) is 0 Å². The zero-order valence-electron chi connectivity index (χ0n) is 10.8. The minimum absolute atomic E-state index is 0.516. The minimum Gasteiger partial charge on any atom is -0.367 e. The predicted molar refractivity (Wildman–Crippen MR) is 78.6 cm³/mol. The van der Waals surface area contributed by atoms with Gasteiger partial charge in [-0.25, -0.2) is 9.97 Å². The van der Waals surface area contributed by atoms with E-state index >= 15 is 0 Å². The van der Waals surface area contributed by atoms with Crippen molar-refractivity contribution in [1.29, 1.82) is 0 Å². The molecule has 1 aromatic heterocycles. The summed E-state index contributed by atoms with van der Waals surface area (Å²) in [6.07, 6.45) is 11.2. The van der Waals surface area contributed by atoms with Crippen LogP contribution in [0.2, 0.25) is 5.15 Å². The van der Waals surface area contributed by atoms with Gasteiger partial charge in [0.2, 0.25) is 0 Å². The molecule has 1 aliphatic rings. The molecule has 0 saturated heterocycles. The fraction of sp³-hybridized carbons (Fsp3) is 0.692. The molecular weight excluding hydrogens is 266 g/mol. The molecule has 0 bridgehead atoms. The van der Waals surface area contributed by atoms with Gasteiger partial charge in [-0.1, -0.05) is 55.5 Å². The third-order valence-electron chi connectivity index (χ3n) is 3.31. The molecule has 1 saturated carbocycles. The van der Waals surface area contributed by atoms with Gasteiger partial charge in [0.15, 0.2) is 5.16 Å². The van der Waals surface area contributed by atoms with E-state index in [0.717, 1.165) is 11.0 Å². The Morgan fingerprint density at radius 2 is 1.83 bits per heavy atom. The Kier molecular flexibility index (Phi) is 5.57. The highest BCUT2D eigenvalue weighted by atomic mass is 35.5. The number of aromatic nitrogens is 2. The van der Waals surface area contributed by atoms with Gasteiger partial charge in [-0.05, 0) is 19.1 Å². The van der Waals surface area contributed by atoms with Crippen LogP contribution in [-0.4, -0.2) is 22.3 Å². The van der Waals surface area contributed by atoms with E-state index in [-0.39, 0.29) is 0 Å². The number of nitrogens with zero attached hydrogens (tertiary/aromatic N) is 2. The molecule has 2 rings (SSSR count). The van der Waals surface area contributed by atoms with E-state index in [2.05, 4.69) is 15.3 Å². The van der Waals surface area contributed by atoms with E-state index in [0.29, 0.717) is 11.2 Å². The summed E-state index contributed by atoms with van der Waals surface area (Å²) in [5.41, 5.74) is 0. The van der Waals surface area contributed by atoms with E-state index in [1.165, 1.54) is 56.7 Å². The van der Waals surface area contributed by atoms with Crippen molar-refractivity contribution in [1.82, 2.24) is 9.97 Å². The van der Waals surface area contributed by atoms with Crippen LogP contribution in [0.5, 0.6) is 0 Å². The van der Waals surface area contributed by atoms with Crippen LogP contribution in [0.1, 0.15) is 44.9 Å². The van der Waals surface area contributed by atoms with Crippen LogP contribution in [0, 0.1) is 0 Å². The second-order valence-corrected chi connectivity index (χ2v) is 5.91. The monoisotopic (exact) mass is 285 g/mol. The quantitative estimate of drug-likeness (QED) is 0.508. The lowest BCUT2D eigenvalue weighted by atomic mass is 9.97. The number of halogens is 1. The Balaban J connectivity index is 2.00. The molecule has 0 unspecified atom stereocenters. The molecule has 1 aromatic rings. The third-order valence-corrected chi connectivity index (χ3v) is 4.06. The number of rotatable bonds is 3. The van der Waals surface area contributed by atoms with E-state index in [1.807, 2.05) is 12.3 Å². The molecule has 1 aliphatic carbocycles. The maximum Gasteiger partial charge on any atom is 0.190 e. The number of anilines is 1. The average molecular weight is 286 g/mol.